The Labute approximate surface area is 193 Å². The molecule has 0 aliphatic rings. The number of fused-ring (bicyclic) bond motifs is 2. The van der Waals surface area contributed by atoms with Gasteiger partial charge in [0, 0.05) is 12.4 Å². The number of nitrogens with zero attached hydrogens (tertiary/aromatic N) is 5. The number of carbonyl (C=O) groups is 1. The van der Waals surface area contributed by atoms with Crippen LogP contribution in [-0.2, 0) is 0 Å². The molecule has 2 aromatic carbocycles. The van der Waals surface area contributed by atoms with Crippen molar-refractivity contribution in [3.63, 3.8) is 0 Å². The summed E-state index contributed by atoms with van der Waals surface area (Å²) < 4.78 is 11.7. The number of anilines is 1. The van der Waals surface area contributed by atoms with Gasteiger partial charge >= 0.3 is 0 Å². The Hall–Kier alpha value is -4.24. The molecule has 9 nitrogen and oxygen atoms in total. The first kappa shape index (κ1) is 19.4. The molecule has 0 saturated heterocycles. The van der Waals surface area contributed by atoms with E-state index in [2.05, 4.69) is 20.4 Å². The highest BCUT2D eigenvalue weighted by Crippen LogP contribution is 2.23. The van der Waals surface area contributed by atoms with Gasteiger partial charge in [0.25, 0.3) is 11.5 Å². The van der Waals surface area contributed by atoms with Gasteiger partial charge in [-0.05, 0) is 37.3 Å². The SMILES string of the molecule is [2H][C@@](C)(NC(=O)c1c(N)nn2cccnc12)c1nc2cccc(Cl)c2c(=O)n1-c1ccccc1. The summed E-state index contributed by atoms with van der Waals surface area (Å²) in [6, 6.07) is 13.4. The van der Waals surface area contributed by atoms with E-state index in [9.17, 15) is 9.59 Å². The fourth-order valence-electron chi connectivity index (χ4n) is 3.67. The van der Waals surface area contributed by atoms with Gasteiger partial charge in [-0.2, -0.15) is 0 Å². The summed E-state index contributed by atoms with van der Waals surface area (Å²) in [6.45, 7) is 1.43. The molecule has 3 N–H and O–H groups in total. The monoisotopic (exact) mass is 460 g/mol. The zero-order valence-electron chi connectivity index (χ0n) is 18.4. The molecule has 33 heavy (non-hydrogen) atoms. The Morgan fingerprint density at radius 3 is 2.76 bits per heavy atom. The van der Waals surface area contributed by atoms with Crippen molar-refractivity contribution in [2.75, 3.05) is 5.73 Å². The maximum absolute atomic E-state index is 13.6. The van der Waals surface area contributed by atoms with E-state index in [4.69, 9.17) is 18.7 Å². The molecule has 0 spiro atoms. The molecular weight excluding hydrogens is 442 g/mol. The van der Waals surface area contributed by atoms with Crippen LogP contribution in [0, 0.1) is 0 Å². The number of benzene rings is 2. The van der Waals surface area contributed by atoms with E-state index in [1.165, 1.54) is 22.2 Å². The standard InChI is InChI=1S/C23H18ClN7O2/c1-13(27-22(32)18-19(25)29-30-12-6-11-26-21(18)30)20-28-16-10-5-9-15(24)17(16)23(33)31(20)14-7-3-2-4-8-14/h2-13H,1H3,(H2,25,29)(H,27,32)/t13-/m0/s1/i13D. The van der Waals surface area contributed by atoms with E-state index in [0.29, 0.717) is 11.2 Å². The highest BCUT2D eigenvalue weighted by Gasteiger charge is 2.24. The molecule has 0 radical (unpaired) electrons. The second-order valence-electron chi connectivity index (χ2n) is 7.27. The highest BCUT2D eigenvalue weighted by atomic mass is 35.5. The van der Waals surface area contributed by atoms with Gasteiger partial charge in [-0.3, -0.25) is 14.2 Å². The van der Waals surface area contributed by atoms with Crippen LogP contribution in [-0.4, -0.2) is 30.1 Å². The molecule has 10 heteroatoms. The molecule has 0 fully saturated rings. The number of aromatic nitrogens is 5. The summed E-state index contributed by atoms with van der Waals surface area (Å²) >= 11 is 6.31. The van der Waals surface area contributed by atoms with Crippen LogP contribution in [0.4, 0.5) is 5.82 Å². The van der Waals surface area contributed by atoms with Gasteiger partial charge in [-0.1, -0.05) is 35.9 Å². The molecule has 164 valence electrons. The molecule has 0 unspecified atom stereocenters. The Bertz CT molecular complexity index is 1630. The maximum atomic E-state index is 13.6. The van der Waals surface area contributed by atoms with E-state index in [1.807, 2.05) is 0 Å². The van der Waals surface area contributed by atoms with Gasteiger partial charge in [0.1, 0.15) is 11.4 Å². The predicted octanol–water partition coefficient (Wildman–Crippen LogP) is 3.16. The van der Waals surface area contributed by atoms with Crippen molar-refractivity contribution >= 4 is 39.9 Å². The fourth-order valence-corrected chi connectivity index (χ4v) is 3.92. The van der Waals surface area contributed by atoms with Gasteiger partial charge in [0.15, 0.2) is 11.5 Å². The minimum Gasteiger partial charge on any atom is -0.381 e. The molecular formula is C23H18ClN7O2. The Morgan fingerprint density at radius 1 is 1.18 bits per heavy atom. The average Bonchev–Trinajstić information content (AvgIpc) is 3.15. The molecule has 0 bridgehead atoms. The number of nitrogens with one attached hydrogen (secondary N) is 1. The van der Waals surface area contributed by atoms with Crippen molar-refractivity contribution < 1.29 is 6.17 Å². The van der Waals surface area contributed by atoms with Crippen molar-refractivity contribution in [2.24, 2.45) is 0 Å². The van der Waals surface area contributed by atoms with Gasteiger partial charge in [-0.15, -0.1) is 5.10 Å². The summed E-state index contributed by atoms with van der Waals surface area (Å²) in [4.78, 5) is 35.5. The van der Waals surface area contributed by atoms with Gasteiger partial charge in [0.05, 0.1) is 29.0 Å². The smallest absolute Gasteiger partial charge is 0.267 e. The molecule has 0 aliphatic carbocycles. The normalized spacial score (nSPS) is 13.6. The van der Waals surface area contributed by atoms with E-state index in [1.54, 1.807) is 60.8 Å². The molecule has 1 amide bonds. The molecule has 5 rings (SSSR count). The second-order valence-corrected chi connectivity index (χ2v) is 7.68. The summed E-state index contributed by atoms with van der Waals surface area (Å²) in [5.74, 6) is -0.718. The molecule has 5 aromatic rings. The van der Waals surface area contributed by atoms with Crippen LogP contribution >= 0.6 is 11.6 Å². The van der Waals surface area contributed by atoms with Crippen LogP contribution in [0.25, 0.3) is 22.2 Å². The summed E-state index contributed by atoms with van der Waals surface area (Å²) in [7, 11) is 0. The zero-order chi connectivity index (χ0) is 24.0. The lowest BCUT2D eigenvalue weighted by atomic mass is 10.2. The summed E-state index contributed by atoms with van der Waals surface area (Å²) in [5, 5.41) is 7.18. The van der Waals surface area contributed by atoms with Crippen molar-refractivity contribution in [1.82, 2.24) is 29.5 Å². The van der Waals surface area contributed by atoms with Crippen LogP contribution in [0.15, 0.2) is 71.8 Å². The number of hydrogen-bond donors (Lipinski definition) is 2. The van der Waals surface area contributed by atoms with Crippen molar-refractivity contribution in [3.05, 3.63) is 93.8 Å². The van der Waals surface area contributed by atoms with Crippen LogP contribution in [0.3, 0.4) is 0 Å². The molecule has 0 aliphatic heterocycles. The summed E-state index contributed by atoms with van der Waals surface area (Å²) in [6.07, 6.45) is 3.12. The third kappa shape index (κ3) is 3.48. The first-order valence-electron chi connectivity index (χ1n) is 10.5. The lowest BCUT2D eigenvalue weighted by Crippen LogP contribution is -2.33. The van der Waals surface area contributed by atoms with Gasteiger partial charge in [0.2, 0.25) is 0 Å². The average molecular weight is 461 g/mol. The topological polar surface area (TPSA) is 120 Å². The third-order valence-corrected chi connectivity index (χ3v) is 5.46. The lowest BCUT2D eigenvalue weighted by molar-refractivity contribution is 0.0940. The number of nitrogen functional groups attached to an aromatic ring is 1. The summed E-state index contributed by atoms with van der Waals surface area (Å²) in [5.41, 5.74) is 6.56. The van der Waals surface area contributed by atoms with Crippen LogP contribution in [0.2, 0.25) is 5.02 Å². The first-order valence-corrected chi connectivity index (χ1v) is 10.3. The maximum Gasteiger partial charge on any atom is 0.267 e. The Kier molecular flexibility index (Phi) is 4.73. The zero-order valence-corrected chi connectivity index (χ0v) is 18.1. The quantitative estimate of drug-likeness (QED) is 0.425. The third-order valence-electron chi connectivity index (χ3n) is 5.15. The number of nitrogens with two attached hydrogens (primary N) is 1. The van der Waals surface area contributed by atoms with Gasteiger partial charge in [-0.25, -0.2) is 14.5 Å². The lowest BCUT2D eigenvalue weighted by Gasteiger charge is -2.20. The molecule has 3 aromatic heterocycles. The molecule has 1 atom stereocenters. The number of carbonyl (C=O) groups excluding carboxylic acids is 1. The van der Waals surface area contributed by atoms with E-state index >= 15 is 0 Å². The van der Waals surface area contributed by atoms with Crippen LogP contribution < -0.4 is 16.6 Å². The minimum absolute atomic E-state index is 0.00480. The van der Waals surface area contributed by atoms with E-state index < -0.39 is 17.5 Å². The Balaban J connectivity index is 1.69. The number of rotatable bonds is 4. The number of para-hydroxylation sites is 1. The molecule has 3 heterocycles. The largest absolute Gasteiger partial charge is 0.381 e. The predicted molar refractivity (Wildman–Crippen MR) is 126 cm³/mol. The van der Waals surface area contributed by atoms with Crippen molar-refractivity contribution in [1.29, 1.82) is 0 Å². The van der Waals surface area contributed by atoms with Gasteiger partial charge < -0.3 is 11.1 Å². The second kappa shape index (κ2) is 8.03. The van der Waals surface area contributed by atoms with Crippen molar-refractivity contribution in [3.8, 4) is 5.69 Å². The van der Waals surface area contributed by atoms with E-state index in [0.717, 1.165) is 0 Å². The van der Waals surface area contributed by atoms with Crippen LogP contribution in [0.1, 0.15) is 30.5 Å². The number of amides is 1. The minimum atomic E-state index is -1.85. The fraction of sp³-hybridized carbons (Fsp3) is 0.0870. The first-order chi connectivity index (χ1) is 16.3. The van der Waals surface area contributed by atoms with E-state index in [-0.39, 0.29) is 33.3 Å². The van der Waals surface area contributed by atoms with Crippen LogP contribution in [0.5, 0.6) is 0 Å². The Morgan fingerprint density at radius 2 is 1.97 bits per heavy atom. The number of halogens is 1. The number of hydrogen-bond acceptors (Lipinski definition) is 6. The van der Waals surface area contributed by atoms with Crippen molar-refractivity contribution in [2.45, 2.75) is 12.9 Å². The highest BCUT2D eigenvalue weighted by molar-refractivity contribution is 6.35. The molecule has 0 saturated carbocycles.